The van der Waals surface area contributed by atoms with Gasteiger partial charge in [0.05, 0.1) is 0 Å². The predicted molar refractivity (Wildman–Crippen MR) is 33.0 cm³/mol. The van der Waals surface area contributed by atoms with E-state index < -0.39 is 18.0 Å². The van der Waals surface area contributed by atoms with E-state index in [2.05, 4.69) is 0 Å². The van der Waals surface area contributed by atoms with Crippen LogP contribution >= 0.6 is 21.8 Å². The van der Waals surface area contributed by atoms with Crippen LogP contribution in [0.25, 0.3) is 0 Å². The zero-order chi connectivity index (χ0) is 9.50. The minimum Gasteiger partial charge on any atom is -0.252 e. The predicted octanol–water partition coefficient (Wildman–Crippen LogP) is 3.04. The average molecular weight is 312 g/mol. The van der Waals surface area contributed by atoms with E-state index in [9.17, 15) is 30.2 Å². The molecule has 0 atom stereocenters. The van der Waals surface area contributed by atoms with Crippen molar-refractivity contribution in [2.75, 3.05) is 0 Å². The second-order valence-corrected chi connectivity index (χ2v) is 7.26. The third kappa shape index (κ3) is 2.20. The van der Waals surface area contributed by atoms with Gasteiger partial charge in [-0.05, 0) is 21.8 Å². The molecule has 0 amide bonds. The Morgan fingerprint density at radius 2 is 1.18 bits per heavy atom. The highest BCUT2D eigenvalue weighted by Gasteiger charge is 2.75. The Kier molecular flexibility index (Phi) is 2.86. The second kappa shape index (κ2) is 2.75. The summed E-state index contributed by atoms with van der Waals surface area (Å²) >= 11 is -0.120. The number of hydrogen-bond donors (Lipinski definition) is 0. The fraction of sp³-hybridized carbons (Fsp3) is 1.00. The topological polar surface area (TPSA) is 0 Å². The van der Waals surface area contributed by atoms with Gasteiger partial charge in [0.1, 0.15) is 0 Å². The van der Waals surface area contributed by atoms with Gasteiger partial charge in [0.2, 0.25) is 0 Å². The molecule has 9 heteroatoms. The molecule has 0 bridgehead atoms. The molecule has 0 rings (SSSR count). The largest absolute Gasteiger partial charge is 0.565 e. The molecule has 11 heavy (non-hydrogen) atoms. The molecule has 0 heterocycles. The summed E-state index contributed by atoms with van der Waals surface area (Å²) < 4.78 is 79.9. The molecule has 0 aliphatic rings. The Labute approximate surface area is 70.3 Å². The molecular weight excluding hydrogens is 312 g/mol. The Bertz CT molecular complexity index is 128. The van der Waals surface area contributed by atoms with Gasteiger partial charge in [-0.15, -0.1) is 0 Å². The smallest absolute Gasteiger partial charge is 0.252 e. The lowest BCUT2D eigenvalue weighted by Crippen LogP contribution is -2.52. The summed E-state index contributed by atoms with van der Waals surface area (Å²) in [5, 5.41) is 0. The van der Waals surface area contributed by atoms with E-state index in [1.807, 2.05) is 0 Å². The molecular formula is C2F7ISi. The third-order valence-electron chi connectivity index (χ3n) is 0.712. The number of alkyl halides is 5. The van der Waals surface area contributed by atoms with Crippen LogP contribution in [0.4, 0.5) is 30.2 Å². The highest BCUT2D eigenvalue weighted by molar-refractivity contribution is 14.1. The van der Waals surface area contributed by atoms with Crippen molar-refractivity contribution in [3.8, 4) is 0 Å². The maximum Gasteiger partial charge on any atom is 0.565 e. The standard InChI is InChI=1S/C2F7ISi/c3-1(4,5)2(6,7)11(8,9)10. The van der Waals surface area contributed by atoms with Crippen molar-refractivity contribution < 1.29 is 30.2 Å². The molecule has 0 aromatic carbocycles. The molecule has 0 aromatic heterocycles. The van der Waals surface area contributed by atoms with Crippen LogP contribution in [0, 0.1) is 0 Å². The van der Waals surface area contributed by atoms with Gasteiger partial charge < -0.3 is 0 Å². The van der Waals surface area contributed by atoms with Gasteiger partial charge >= 0.3 is 18.0 Å². The Balaban J connectivity index is 4.75. The molecule has 0 nitrogen and oxygen atoms in total. The first-order valence-corrected chi connectivity index (χ1v) is 6.88. The highest BCUT2D eigenvalue weighted by atomic mass is 127. The molecule has 0 N–H and O–H groups in total. The summed E-state index contributed by atoms with van der Waals surface area (Å²) in [6.45, 7) is 0. The zero-order valence-electron chi connectivity index (χ0n) is 4.52. The summed E-state index contributed by atoms with van der Waals surface area (Å²) in [6, 6.07) is 0. The van der Waals surface area contributed by atoms with Crippen molar-refractivity contribution in [2.45, 2.75) is 11.7 Å². The Morgan fingerprint density at radius 3 is 1.18 bits per heavy atom. The van der Waals surface area contributed by atoms with Crippen LogP contribution in [-0.2, 0) is 0 Å². The van der Waals surface area contributed by atoms with Crippen LogP contribution in [0.1, 0.15) is 0 Å². The summed E-state index contributed by atoms with van der Waals surface area (Å²) in [5.74, 6) is 0. The van der Waals surface area contributed by atoms with Gasteiger partial charge in [0.15, 0.2) is 0 Å². The maximum atomic E-state index is 11.7. The van der Waals surface area contributed by atoms with Crippen molar-refractivity contribution in [1.29, 1.82) is 0 Å². The Hall–Kier alpha value is 0.457. The second-order valence-electron chi connectivity index (χ2n) is 1.57. The lowest BCUT2D eigenvalue weighted by atomic mass is 10.7. The van der Waals surface area contributed by atoms with E-state index in [1.165, 1.54) is 0 Å². The molecule has 0 saturated carbocycles. The SMILES string of the molecule is FC(F)(F)C(F)(F)[Si](F)(F)I. The quantitative estimate of drug-likeness (QED) is 0.302. The van der Waals surface area contributed by atoms with E-state index in [0.717, 1.165) is 0 Å². The number of hydrogen-bond acceptors (Lipinski definition) is 0. The van der Waals surface area contributed by atoms with Gasteiger partial charge in [-0.2, -0.15) is 22.0 Å². The van der Waals surface area contributed by atoms with Crippen LogP contribution in [-0.4, -0.2) is 18.0 Å². The van der Waals surface area contributed by atoms with Crippen LogP contribution in [0.2, 0.25) is 0 Å². The average Bonchev–Trinajstić information content (AvgIpc) is 1.58. The van der Waals surface area contributed by atoms with Crippen molar-refractivity contribution >= 4 is 28.0 Å². The number of rotatable bonds is 1. The van der Waals surface area contributed by atoms with Gasteiger partial charge in [-0.1, -0.05) is 0 Å². The van der Waals surface area contributed by atoms with E-state index in [-0.39, 0.29) is 21.8 Å². The normalized spacial score (nSPS) is 15.3. The molecule has 0 radical (unpaired) electrons. The molecule has 0 aliphatic carbocycles. The monoisotopic (exact) mass is 312 g/mol. The van der Waals surface area contributed by atoms with Crippen molar-refractivity contribution in [2.24, 2.45) is 0 Å². The maximum absolute atomic E-state index is 11.7. The summed E-state index contributed by atoms with van der Waals surface area (Å²) in [5.41, 5.74) is -5.83. The lowest BCUT2D eigenvalue weighted by Gasteiger charge is -2.21. The van der Waals surface area contributed by atoms with Crippen molar-refractivity contribution in [3.05, 3.63) is 0 Å². The molecule has 0 spiro atoms. The molecule has 0 aliphatic heterocycles. The van der Waals surface area contributed by atoms with E-state index in [1.54, 1.807) is 0 Å². The Morgan fingerprint density at radius 1 is 0.909 bits per heavy atom. The van der Waals surface area contributed by atoms with Crippen molar-refractivity contribution in [1.82, 2.24) is 0 Å². The van der Waals surface area contributed by atoms with Crippen LogP contribution in [0.15, 0.2) is 0 Å². The summed E-state index contributed by atoms with van der Waals surface area (Å²) in [6.07, 6.45) is -12.7. The van der Waals surface area contributed by atoms with Crippen LogP contribution < -0.4 is 0 Å². The lowest BCUT2D eigenvalue weighted by molar-refractivity contribution is -0.250. The summed E-state index contributed by atoms with van der Waals surface area (Å²) in [7, 11) is 0. The van der Waals surface area contributed by atoms with Crippen LogP contribution in [0.3, 0.4) is 0 Å². The minimum atomic E-state index is -6.51. The number of halogens is 8. The molecule has 0 saturated heterocycles. The molecule has 68 valence electrons. The first kappa shape index (κ1) is 11.5. The van der Waals surface area contributed by atoms with Gasteiger partial charge in [0.25, 0.3) is 0 Å². The van der Waals surface area contributed by atoms with Crippen LogP contribution in [0.5, 0.6) is 0 Å². The zero-order valence-corrected chi connectivity index (χ0v) is 7.68. The minimum absolute atomic E-state index is 0.120. The summed E-state index contributed by atoms with van der Waals surface area (Å²) in [4.78, 5) is 0. The van der Waals surface area contributed by atoms with Gasteiger partial charge in [-0.3, -0.25) is 8.22 Å². The van der Waals surface area contributed by atoms with Crippen molar-refractivity contribution in [3.63, 3.8) is 0 Å². The van der Waals surface area contributed by atoms with E-state index in [0.29, 0.717) is 0 Å². The fourth-order valence-electron chi connectivity index (χ4n) is 0.161. The third-order valence-corrected chi connectivity index (χ3v) is 3.74. The molecule has 0 unspecified atom stereocenters. The van der Waals surface area contributed by atoms with Gasteiger partial charge in [-0.25, -0.2) is 0 Å². The van der Waals surface area contributed by atoms with Gasteiger partial charge in [0, 0.05) is 0 Å². The highest BCUT2D eigenvalue weighted by Crippen LogP contribution is 2.46. The van der Waals surface area contributed by atoms with E-state index >= 15 is 0 Å². The first-order valence-electron chi connectivity index (χ1n) is 2.01. The molecule has 0 fully saturated rings. The fourth-order valence-corrected chi connectivity index (χ4v) is 1.40. The first-order chi connectivity index (χ1) is 4.50. The van der Waals surface area contributed by atoms with E-state index in [4.69, 9.17) is 0 Å². The molecule has 0 aromatic rings.